The Hall–Kier alpha value is -0.170. The molecule has 0 unspecified atom stereocenters. The van der Waals surface area contributed by atoms with Gasteiger partial charge in [0, 0.05) is 19.6 Å². The Morgan fingerprint density at radius 3 is 2.53 bits per heavy atom. The zero-order valence-corrected chi connectivity index (χ0v) is 10.1. The fourth-order valence-corrected chi connectivity index (χ4v) is 2.88. The lowest BCUT2D eigenvalue weighted by atomic mass is 9.93. The summed E-state index contributed by atoms with van der Waals surface area (Å²) in [5, 5.41) is 9.64. The van der Waals surface area contributed by atoms with Crippen molar-refractivity contribution in [2.75, 3.05) is 13.6 Å². The Morgan fingerprint density at radius 1 is 1.40 bits per heavy atom. The molecule has 15 heavy (non-hydrogen) atoms. The van der Waals surface area contributed by atoms with Crippen molar-refractivity contribution < 1.29 is 13.5 Å². The quantitative estimate of drug-likeness (QED) is 0.726. The highest BCUT2D eigenvalue weighted by molar-refractivity contribution is 7.87. The van der Waals surface area contributed by atoms with Crippen LogP contribution in [0.3, 0.4) is 0 Å². The summed E-state index contributed by atoms with van der Waals surface area (Å²) in [5.41, 5.74) is 0. The predicted octanol–water partition coefficient (Wildman–Crippen LogP) is 0.0760. The van der Waals surface area contributed by atoms with Crippen LogP contribution in [0.1, 0.15) is 32.6 Å². The summed E-state index contributed by atoms with van der Waals surface area (Å²) in [4.78, 5) is 0. The van der Waals surface area contributed by atoms with Gasteiger partial charge >= 0.3 is 0 Å². The van der Waals surface area contributed by atoms with Crippen LogP contribution in [0.5, 0.6) is 0 Å². The van der Waals surface area contributed by atoms with Crippen LogP contribution in [0.4, 0.5) is 0 Å². The minimum atomic E-state index is -3.42. The van der Waals surface area contributed by atoms with Crippen LogP contribution in [0.2, 0.25) is 0 Å². The Balaban J connectivity index is 2.59. The maximum Gasteiger partial charge on any atom is 0.279 e. The van der Waals surface area contributed by atoms with Gasteiger partial charge in [-0.05, 0) is 12.8 Å². The van der Waals surface area contributed by atoms with E-state index in [2.05, 4.69) is 4.72 Å². The molecule has 0 radical (unpaired) electrons. The van der Waals surface area contributed by atoms with Gasteiger partial charge in [-0.1, -0.05) is 19.8 Å². The highest BCUT2D eigenvalue weighted by Crippen LogP contribution is 2.19. The second-order valence-electron chi connectivity index (χ2n) is 4.00. The first kappa shape index (κ1) is 12.9. The lowest BCUT2D eigenvalue weighted by Crippen LogP contribution is -2.49. The minimum absolute atomic E-state index is 0.322. The van der Waals surface area contributed by atoms with E-state index < -0.39 is 16.3 Å². The maximum atomic E-state index is 11.7. The highest BCUT2D eigenvalue weighted by Gasteiger charge is 2.28. The molecule has 1 aliphatic carbocycles. The molecule has 0 amide bonds. The van der Waals surface area contributed by atoms with Gasteiger partial charge in [0.05, 0.1) is 6.10 Å². The zero-order valence-electron chi connectivity index (χ0n) is 9.31. The molecule has 0 aromatic heterocycles. The van der Waals surface area contributed by atoms with E-state index in [1.807, 2.05) is 0 Å². The average molecular weight is 236 g/mol. The molecule has 0 aromatic carbocycles. The first-order valence-corrected chi connectivity index (χ1v) is 6.83. The molecule has 0 saturated heterocycles. The monoisotopic (exact) mass is 236 g/mol. The molecule has 90 valence electrons. The third-order valence-electron chi connectivity index (χ3n) is 2.89. The third kappa shape index (κ3) is 3.41. The Labute approximate surface area is 91.7 Å². The van der Waals surface area contributed by atoms with Gasteiger partial charge in [0.1, 0.15) is 0 Å². The first-order chi connectivity index (χ1) is 6.97. The molecule has 0 bridgehead atoms. The standard InChI is InChI=1S/C9H20N2O3S/c1-3-11(2)15(13,14)10-8-6-4-5-7-9(8)12/h8-10,12H,3-7H2,1-2H3/t8-,9-/m1/s1. The molecule has 2 atom stereocenters. The van der Waals surface area contributed by atoms with Crippen LogP contribution >= 0.6 is 0 Å². The number of aliphatic hydroxyl groups is 1. The topological polar surface area (TPSA) is 69.6 Å². The smallest absolute Gasteiger partial charge is 0.279 e. The molecule has 0 aliphatic heterocycles. The molecule has 0 heterocycles. The van der Waals surface area contributed by atoms with Crippen LogP contribution in [0.15, 0.2) is 0 Å². The van der Waals surface area contributed by atoms with Gasteiger partial charge in [-0.2, -0.15) is 17.4 Å². The van der Waals surface area contributed by atoms with E-state index in [4.69, 9.17) is 0 Å². The van der Waals surface area contributed by atoms with Crippen molar-refractivity contribution in [1.82, 2.24) is 9.03 Å². The van der Waals surface area contributed by atoms with Crippen LogP contribution in [-0.4, -0.2) is 43.6 Å². The molecule has 1 aliphatic rings. The summed E-state index contributed by atoms with van der Waals surface area (Å²) in [6, 6.07) is -0.322. The largest absolute Gasteiger partial charge is 0.391 e. The number of rotatable bonds is 4. The van der Waals surface area contributed by atoms with Crippen molar-refractivity contribution in [2.24, 2.45) is 0 Å². The fraction of sp³-hybridized carbons (Fsp3) is 1.00. The summed E-state index contributed by atoms with van der Waals surface area (Å²) in [6.07, 6.45) is 2.81. The van der Waals surface area contributed by atoms with Crippen LogP contribution in [-0.2, 0) is 10.2 Å². The van der Waals surface area contributed by atoms with E-state index in [1.54, 1.807) is 6.92 Å². The van der Waals surface area contributed by atoms with Gasteiger partial charge in [-0.25, -0.2) is 0 Å². The number of aliphatic hydroxyl groups excluding tert-OH is 1. The number of hydrogen-bond donors (Lipinski definition) is 2. The first-order valence-electron chi connectivity index (χ1n) is 5.39. The van der Waals surface area contributed by atoms with Crippen molar-refractivity contribution in [3.05, 3.63) is 0 Å². The van der Waals surface area contributed by atoms with Gasteiger partial charge in [0.25, 0.3) is 10.2 Å². The third-order valence-corrected chi connectivity index (χ3v) is 4.56. The summed E-state index contributed by atoms with van der Waals surface area (Å²) in [7, 11) is -1.89. The predicted molar refractivity (Wildman–Crippen MR) is 58.6 cm³/mol. The zero-order chi connectivity index (χ0) is 11.5. The van der Waals surface area contributed by atoms with Gasteiger partial charge < -0.3 is 5.11 Å². The van der Waals surface area contributed by atoms with E-state index in [0.29, 0.717) is 13.0 Å². The normalized spacial score (nSPS) is 28.3. The fourth-order valence-electron chi connectivity index (χ4n) is 1.70. The van der Waals surface area contributed by atoms with E-state index in [1.165, 1.54) is 11.4 Å². The highest BCUT2D eigenvalue weighted by atomic mass is 32.2. The van der Waals surface area contributed by atoms with Crippen LogP contribution in [0, 0.1) is 0 Å². The molecule has 2 N–H and O–H groups in total. The Bertz CT molecular complexity index is 292. The molecule has 1 fully saturated rings. The SMILES string of the molecule is CCN(C)S(=O)(=O)N[C@@H]1CCCC[C@H]1O. The number of nitrogens with one attached hydrogen (secondary N) is 1. The number of hydrogen-bond acceptors (Lipinski definition) is 3. The molecule has 1 rings (SSSR count). The lowest BCUT2D eigenvalue weighted by Gasteiger charge is -2.29. The molecular formula is C9H20N2O3S. The van der Waals surface area contributed by atoms with Crippen LogP contribution < -0.4 is 4.72 Å². The average Bonchev–Trinajstić information content (AvgIpc) is 2.20. The molecular weight excluding hydrogens is 216 g/mol. The molecule has 6 heteroatoms. The lowest BCUT2D eigenvalue weighted by molar-refractivity contribution is 0.100. The van der Waals surface area contributed by atoms with Gasteiger partial charge in [0.2, 0.25) is 0 Å². The molecule has 0 spiro atoms. The summed E-state index contributed by atoms with van der Waals surface area (Å²) in [6.45, 7) is 2.20. The summed E-state index contributed by atoms with van der Waals surface area (Å²) >= 11 is 0. The van der Waals surface area contributed by atoms with E-state index in [0.717, 1.165) is 19.3 Å². The van der Waals surface area contributed by atoms with Crippen molar-refractivity contribution in [1.29, 1.82) is 0 Å². The molecule has 1 saturated carbocycles. The van der Waals surface area contributed by atoms with Gasteiger partial charge in [-0.15, -0.1) is 0 Å². The maximum absolute atomic E-state index is 11.7. The molecule has 5 nitrogen and oxygen atoms in total. The van der Waals surface area contributed by atoms with Crippen molar-refractivity contribution in [3.63, 3.8) is 0 Å². The van der Waals surface area contributed by atoms with E-state index in [-0.39, 0.29) is 6.04 Å². The van der Waals surface area contributed by atoms with E-state index >= 15 is 0 Å². The Kier molecular flexibility index (Phi) is 4.51. The summed E-state index contributed by atoms with van der Waals surface area (Å²) in [5.74, 6) is 0. The van der Waals surface area contributed by atoms with Crippen molar-refractivity contribution in [3.8, 4) is 0 Å². The van der Waals surface area contributed by atoms with E-state index in [9.17, 15) is 13.5 Å². The van der Waals surface area contributed by atoms with Crippen molar-refractivity contribution >= 4 is 10.2 Å². The second-order valence-corrected chi connectivity index (χ2v) is 5.80. The van der Waals surface area contributed by atoms with Gasteiger partial charge in [-0.3, -0.25) is 0 Å². The van der Waals surface area contributed by atoms with Gasteiger partial charge in [0.15, 0.2) is 0 Å². The van der Waals surface area contributed by atoms with Crippen LogP contribution in [0.25, 0.3) is 0 Å². The minimum Gasteiger partial charge on any atom is -0.391 e. The Morgan fingerprint density at radius 2 is 2.00 bits per heavy atom. The van der Waals surface area contributed by atoms with Crippen molar-refractivity contribution in [2.45, 2.75) is 44.8 Å². The summed E-state index contributed by atoms with van der Waals surface area (Å²) < 4.78 is 27.1. The second kappa shape index (κ2) is 5.25. The number of nitrogens with zero attached hydrogens (tertiary/aromatic N) is 1. The molecule has 0 aromatic rings.